The fourth-order valence-corrected chi connectivity index (χ4v) is 3.28. The second kappa shape index (κ2) is 9.46. The van der Waals surface area contributed by atoms with E-state index in [0.29, 0.717) is 13.2 Å². The Morgan fingerprint density at radius 3 is 2.39 bits per heavy atom. The van der Waals surface area contributed by atoms with E-state index in [9.17, 15) is 4.79 Å². The van der Waals surface area contributed by atoms with E-state index in [1.807, 2.05) is 54.6 Å². The van der Waals surface area contributed by atoms with E-state index in [0.717, 1.165) is 30.2 Å². The highest BCUT2D eigenvalue weighted by molar-refractivity contribution is 5.89. The summed E-state index contributed by atoms with van der Waals surface area (Å²) in [5, 5.41) is 2.93. The summed E-state index contributed by atoms with van der Waals surface area (Å²) in [6.07, 6.45) is 0.435. The van der Waals surface area contributed by atoms with Crippen molar-refractivity contribution in [3.05, 3.63) is 54.6 Å². The van der Waals surface area contributed by atoms with Gasteiger partial charge in [-0.05, 0) is 50.2 Å². The van der Waals surface area contributed by atoms with Crippen molar-refractivity contribution in [2.75, 3.05) is 43.5 Å². The summed E-state index contributed by atoms with van der Waals surface area (Å²) in [4.78, 5) is 16.3. The maximum Gasteiger partial charge on any atom is 0.321 e. The number of likely N-dealkylation sites (N-methyl/N-ethyl adjacent to an activating group) is 1. The third-order valence-electron chi connectivity index (χ3n) is 4.69. The number of ether oxygens (including phenoxy) is 2. The molecule has 0 aromatic heterocycles. The molecule has 0 spiro atoms. The molecule has 2 aromatic rings. The number of para-hydroxylation sites is 1. The Bertz CT molecular complexity index is 741. The van der Waals surface area contributed by atoms with Crippen molar-refractivity contribution >= 4 is 17.4 Å². The molecule has 6 nitrogen and oxygen atoms in total. The number of benzene rings is 2. The lowest BCUT2D eigenvalue weighted by atomic mass is 10.2. The van der Waals surface area contributed by atoms with E-state index in [4.69, 9.17) is 9.47 Å². The zero-order valence-electron chi connectivity index (χ0n) is 16.8. The minimum atomic E-state index is -0.155. The number of amides is 2. The third-order valence-corrected chi connectivity index (χ3v) is 4.69. The van der Waals surface area contributed by atoms with Gasteiger partial charge in [-0.2, -0.15) is 0 Å². The number of carbonyl (C=O) groups excluding carboxylic acids is 1. The van der Waals surface area contributed by atoms with Crippen molar-refractivity contribution in [3.63, 3.8) is 0 Å². The number of nitrogens with zero attached hydrogens (tertiary/aromatic N) is 2. The van der Waals surface area contributed by atoms with Crippen molar-refractivity contribution in [3.8, 4) is 5.75 Å². The highest BCUT2D eigenvalue weighted by Crippen LogP contribution is 2.22. The zero-order valence-corrected chi connectivity index (χ0v) is 16.8. The van der Waals surface area contributed by atoms with Crippen LogP contribution in [0.15, 0.2) is 54.6 Å². The molecule has 3 rings (SSSR count). The second-order valence-electron chi connectivity index (χ2n) is 7.22. The fourth-order valence-electron chi connectivity index (χ4n) is 3.28. The number of morpholine rings is 1. The average molecular weight is 383 g/mol. The van der Waals surface area contributed by atoms with Crippen LogP contribution >= 0.6 is 0 Å². The standard InChI is InChI=1S/C22H29N3O3/c1-17-15-25(16-18(2)28-17)20-11-9-19(10-12-20)23-22(26)24(3)13-14-27-21-7-5-4-6-8-21/h4-12,17-18H,13-16H2,1-3H3,(H,23,26). The van der Waals surface area contributed by atoms with E-state index >= 15 is 0 Å². The lowest BCUT2D eigenvalue weighted by Gasteiger charge is -2.36. The molecule has 0 radical (unpaired) electrons. The van der Waals surface area contributed by atoms with Crippen LogP contribution < -0.4 is 15.0 Å². The van der Waals surface area contributed by atoms with E-state index < -0.39 is 0 Å². The van der Waals surface area contributed by atoms with Gasteiger partial charge < -0.3 is 24.6 Å². The van der Waals surface area contributed by atoms with E-state index in [1.165, 1.54) is 0 Å². The largest absolute Gasteiger partial charge is 0.492 e. The second-order valence-corrected chi connectivity index (χ2v) is 7.22. The molecule has 0 bridgehead atoms. The molecule has 1 aliphatic rings. The van der Waals surface area contributed by atoms with Crippen LogP contribution in [-0.2, 0) is 4.74 Å². The molecule has 2 aromatic carbocycles. The quantitative estimate of drug-likeness (QED) is 0.823. The normalized spacial score (nSPS) is 19.2. The Labute approximate surface area is 167 Å². The Balaban J connectivity index is 1.47. The molecule has 2 amide bonds. The summed E-state index contributed by atoms with van der Waals surface area (Å²) < 4.78 is 11.4. The Morgan fingerprint density at radius 1 is 1.11 bits per heavy atom. The monoisotopic (exact) mass is 383 g/mol. The lowest BCUT2D eigenvalue weighted by molar-refractivity contribution is -0.00521. The maximum atomic E-state index is 12.4. The number of rotatable bonds is 6. The zero-order chi connectivity index (χ0) is 19.9. The molecule has 28 heavy (non-hydrogen) atoms. The highest BCUT2D eigenvalue weighted by atomic mass is 16.5. The molecule has 2 unspecified atom stereocenters. The molecule has 1 N–H and O–H groups in total. The molecule has 1 saturated heterocycles. The van der Waals surface area contributed by atoms with Crippen LogP contribution in [0.5, 0.6) is 5.75 Å². The number of carbonyl (C=O) groups is 1. The highest BCUT2D eigenvalue weighted by Gasteiger charge is 2.22. The summed E-state index contributed by atoms with van der Waals surface area (Å²) in [6.45, 7) is 6.88. The first-order valence-electron chi connectivity index (χ1n) is 9.71. The van der Waals surface area contributed by atoms with E-state index in [1.54, 1.807) is 11.9 Å². The van der Waals surface area contributed by atoms with Gasteiger partial charge >= 0.3 is 6.03 Å². The van der Waals surface area contributed by atoms with Gasteiger partial charge in [0.1, 0.15) is 12.4 Å². The van der Waals surface area contributed by atoms with E-state index in [2.05, 4.69) is 24.1 Å². The van der Waals surface area contributed by atoms with Crippen LogP contribution in [0.2, 0.25) is 0 Å². The SMILES string of the molecule is CC1CN(c2ccc(NC(=O)N(C)CCOc3ccccc3)cc2)CC(C)O1. The number of hydrogen-bond acceptors (Lipinski definition) is 4. The van der Waals surface area contributed by atoms with Gasteiger partial charge in [0.05, 0.1) is 18.8 Å². The Morgan fingerprint density at radius 2 is 1.75 bits per heavy atom. The van der Waals surface area contributed by atoms with Gasteiger partial charge in [-0.25, -0.2) is 4.79 Å². The molecule has 1 heterocycles. The third kappa shape index (κ3) is 5.63. The van der Waals surface area contributed by atoms with Gasteiger partial charge in [-0.15, -0.1) is 0 Å². The smallest absolute Gasteiger partial charge is 0.321 e. The lowest BCUT2D eigenvalue weighted by Crippen LogP contribution is -2.45. The Kier molecular flexibility index (Phi) is 6.76. The summed E-state index contributed by atoms with van der Waals surface area (Å²) >= 11 is 0. The number of nitrogens with one attached hydrogen (secondary N) is 1. The predicted molar refractivity (Wildman–Crippen MR) is 112 cm³/mol. The summed E-state index contributed by atoms with van der Waals surface area (Å²) in [6, 6.07) is 17.4. The van der Waals surface area contributed by atoms with Crippen LogP contribution in [0.4, 0.5) is 16.2 Å². The molecule has 0 aliphatic carbocycles. The minimum Gasteiger partial charge on any atom is -0.492 e. The predicted octanol–water partition coefficient (Wildman–Crippen LogP) is 3.84. The molecular formula is C22H29N3O3. The summed E-state index contributed by atoms with van der Waals surface area (Å²) in [7, 11) is 1.76. The van der Waals surface area contributed by atoms with Crippen molar-refractivity contribution in [1.29, 1.82) is 0 Å². The number of urea groups is 1. The van der Waals surface area contributed by atoms with Gasteiger partial charge in [-0.1, -0.05) is 18.2 Å². The number of hydrogen-bond donors (Lipinski definition) is 1. The van der Waals surface area contributed by atoms with Gasteiger partial charge in [0.2, 0.25) is 0 Å². The van der Waals surface area contributed by atoms with Gasteiger partial charge in [0.15, 0.2) is 0 Å². The summed E-state index contributed by atoms with van der Waals surface area (Å²) in [5.74, 6) is 0.804. The van der Waals surface area contributed by atoms with Crippen LogP contribution in [0.25, 0.3) is 0 Å². The molecule has 1 fully saturated rings. The minimum absolute atomic E-state index is 0.155. The van der Waals surface area contributed by atoms with Crippen LogP contribution in [0.1, 0.15) is 13.8 Å². The first-order chi connectivity index (χ1) is 13.5. The van der Waals surface area contributed by atoms with Gasteiger partial charge in [0, 0.05) is 31.5 Å². The summed E-state index contributed by atoms with van der Waals surface area (Å²) in [5.41, 5.74) is 1.92. The van der Waals surface area contributed by atoms with Crippen molar-refractivity contribution < 1.29 is 14.3 Å². The first kappa shape index (κ1) is 20.0. The number of anilines is 2. The average Bonchev–Trinajstić information content (AvgIpc) is 2.68. The topological polar surface area (TPSA) is 54.0 Å². The van der Waals surface area contributed by atoms with Gasteiger partial charge in [-0.3, -0.25) is 0 Å². The van der Waals surface area contributed by atoms with Gasteiger partial charge in [0.25, 0.3) is 0 Å². The molecule has 0 saturated carbocycles. The van der Waals surface area contributed by atoms with E-state index in [-0.39, 0.29) is 18.2 Å². The van der Waals surface area contributed by atoms with Crippen molar-refractivity contribution in [1.82, 2.24) is 4.90 Å². The van der Waals surface area contributed by atoms with Crippen LogP contribution in [0, 0.1) is 0 Å². The van der Waals surface area contributed by atoms with Crippen molar-refractivity contribution in [2.24, 2.45) is 0 Å². The molecule has 2 atom stereocenters. The fraction of sp³-hybridized carbons (Fsp3) is 0.409. The maximum absolute atomic E-state index is 12.4. The molecule has 150 valence electrons. The molecule has 6 heteroatoms. The van der Waals surface area contributed by atoms with Crippen LogP contribution in [0.3, 0.4) is 0 Å². The van der Waals surface area contributed by atoms with Crippen LogP contribution in [-0.4, -0.2) is 56.4 Å². The molecular weight excluding hydrogens is 354 g/mol. The first-order valence-corrected chi connectivity index (χ1v) is 9.71. The Hall–Kier alpha value is -2.73. The molecule has 1 aliphatic heterocycles. The van der Waals surface area contributed by atoms with Crippen molar-refractivity contribution in [2.45, 2.75) is 26.1 Å².